The van der Waals surface area contributed by atoms with Crippen molar-refractivity contribution >= 4 is 0 Å². The van der Waals surface area contributed by atoms with Gasteiger partial charge < -0.3 is 0 Å². The summed E-state index contributed by atoms with van der Waals surface area (Å²) in [5.74, 6) is 6.26. The first-order valence-corrected chi connectivity index (χ1v) is 7.13. The molecule has 0 heteroatoms. The van der Waals surface area contributed by atoms with Gasteiger partial charge in [-0.25, -0.2) is 0 Å². The highest BCUT2D eigenvalue weighted by Gasteiger charge is 2.44. The monoisotopic (exact) mass is 208 g/mol. The van der Waals surface area contributed by atoms with E-state index in [4.69, 9.17) is 0 Å². The fourth-order valence-corrected chi connectivity index (χ4v) is 3.47. The first-order valence-electron chi connectivity index (χ1n) is 7.13. The molecule has 2 saturated carbocycles. The SMILES string of the molecule is CCC(C)C1CC1C(C)CC(C)C1CC1. The summed E-state index contributed by atoms with van der Waals surface area (Å²) >= 11 is 0. The zero-order valence-electron chi connectivity index (χ0n) is 11.0. The van der Waals surface area contributed by atoms with Gasteiger partial charge in [0, 0.05) is 0 Å². The predicted octanol–water partition coefficient (Wildman–Crippen LogP) is 4.74. The highest BCUT2D eigenvalue weighted by Crippen LogP contribution is 2.52. The molecule has 0 saturated heterocycles. The van der Waals surface area contributed by atoms with E-state index in [2.05, 4.69) is 27.7 Å². The van der Waals surface area contributed by atoms with Crippen LogP contribution in [0.25, 0.3) is 0 Å². The molecule has 2 rings (SSSR count). The van der Waals surface area contributed by atoms with Gasteiger partial charge >= 0.3 is 0 Å². The quantitative estimate of drug-likeness (QED) is 0.591. The standard InChI is InChI=1S/C15H28/c1-5-10(2)14-9-15(14)12(4)8-11(3)13-6-7-13/h10-15H,5-9H2,1-4H3. The zero-order valence-corrected chi connectivity index (χ0v) is 11.0. The van der Waals surface area contributed by atoms with Crippen molar-refractivity contribution in [1.29, 1.82) is 0 Å². The maximum absolute atomic E-state index is 2.51. The van der Waals surface area contributed by atoms with Crippen LogP contribution in [0, 0.1) is 35.5 Å². The second kappa shape index (κ2) is 4.47. The minimum Gasteiger partial charge on any atom is -0.0651 e. The molecule has 0 aromatic carbocycles. The third-order valence-corrected chi connectivity index (χ3v) is 5.17. The van der Waals surface area contributed by atoms with Crippen LogP contribution in [0.2, 0.25) is 0 Å². The van der Waals surface area contributed by atoms with E-state index in [1.165, 1.54) is 32.1 Å². The van der Waals surface area contributed by atoms with Crippen molar-refractivity contribution in [3.8, 4) is 0 Å². The maximum Gasteiger partial charge on any atom is -0.0354 e. The van der Waals surface area contributed by atoms with Crippen LogP contribution < -0.4 is 0 Å². The zero-order chi connectivity index (χ0) is 11.0. The van der Waals surface area contributed by atoms with Crippen LogP contribution in [0.15, 0.2) is 0 Å². The van der Waals surface area contributed by atoms with E-state index < -0.39 is 0 Å². The van der Waals surface area contributed by atoms with E-state index in [-0.39, 0.29) is 0 Å². The van der Waals surface area contributed by atoms with Gasteiger partial charge in [0.2, 0.25) is 0 Å². The lowest BCUT2D eigenvalue weighted by Crippen LogP contribution is -2.09. The highest BCUT2D eigenvalue weighted by molar-refractivity contribution is 4.93. The van der Waals surface area contributed by atoms with Gasteiger partial charge in [0.05, 0.1) is 0 Å². The molecule has 0 amide bonds. The molecular formula is C15H28. The molecule has 0 aliphatic heterocycles. The van der Waals surface area contributed by atoms with Crippen molar-refractivity contribution in [2.24, 2.45) is 35.5 Å². The summed E-state index contributed by atoms with van der Waals surface area (Å²) in [5, 5.41) is 0. The minimum atomic E-state index is 0.980. The first-order chi connectivity index (χ1) is 7.13. The molecule has 2 aliphatic rings. The Labute approximate surface area is 95.8 Å². The second-order valence-electron chi connectivity index (χ2n) is 6.48. The lowest BCUT2D eigenvalue weighted by atomic mass is 9.88. The lowest BCUT2D eigenvalue weighted by molar-refractivity contribution is 0.320. The van der Waals surface area contributed by atoms with E-state index in [9.17, 15) is 0 Å². The summed E-state index contributed by atoms with van der Waals surface area (Å²) in [5.41, 5.74) is 0. The summed E-state index contributed by atoms with van der Waals surface area (Å²) in [6.07, 6.45) is 7.46. The Hall–Kier alpha value is 0. The van der Waals surface area contributed by atoms with Gasteiger partial charge in [-0.05, 0) is 61.2 Å². The summed E-state index contributed by atoms with van der Waals surface area (Å²) in [7, 11) is 0. The van der Waals surface area contributed by atoms with E-state index in [1.54, 1.807) is 0 Å². The van der Waals surface area contributed by atoms with Crippen LogP contribution in [0.5, 0.6) is 0 Å². The van der Waals surface area contributed by atoms with Crippen molar-refractivity contribution in [3.63, 3.8) is 0 Å². The van der Waals surface area contributed by atoms with Crippen LogP contribution in [-0.2, 0) is 0 Å². The molecule has 0 N–H and O–H groups in total. The van der Waals surface area contributed by atoms with E-state index in [1.807, 2.05) is 0 Å². The number of hydrogen-bond donors (Lipinski definition) is 0. The van der Waals surface area contributed by atoms with Gasteiger partial charge in [0.1, 0.15) is 0 Å². The molecule has 5 unspecified atom stereocenters. The average molecular weight is 208 g/mol. The van der Waals surface area contributed by atoms with Crippen LogP contribution >= 0.6 is 0 Å². The Bertz CT molecular complexity index is 204. The molecule has 15 heavy (non-hydrogen) atoms. The fraction of sp³-hybridized carbons (Fsp3) is 1.00. The number of rotatable bonds is 6. The average Bonchev–Trinajstić information content (AvgIpc) is 3.04. The third-order valence-electron chi connectivity index (χ3n) is 5.17. The molecule has 5 atom stereocenters. The lowest BCUT2D eigenvalue weighted by Gasteiger charge is -2.18. The van der Waals surface area contributed by atoms with E-state index in [0.717, 1.165) is 35.5 Å². The molecule has 0 bridgehead atoms. The Morgan fingerprint density at radius 1 is 0.933 bits per heavy atom. The van der Waals surface area contributed by atoms with Crippen LogP contribution in [0.1, 0.15) is 59.8 Å². The largest absolute Gasteiger partial charge is 0.0651 e. The number of hydrogen-bond acceptors (Lipinski definition) is 0. The third kappa shape index (κ3) is 2.77. The molecule has 0 aromatic rings. The van der Waals surface area contributed by atoms with E-state index in [0.29, 0.717) is 0 Å². The topological polar surface area (TPSA) is 0 Å². The Morgan fingerprint density at radius 3 is 2.07 bits per heavy atom. The maximum atomic E-state index is 2.51. The smallest absolute Gasteiger partial charge is 0.0354 e. The minimum absolute atomic E-state index is 0.980. The molecular weight excluding hydrogens is 180 g/mol. The van der Waals surface area contributed by atoms with Gasteiger partial charge in [-0.3, -0.25) is 0 Å². The van der Waals surface area contributed by atoms with Gasteiger partial charge in [0.25, 0.3) is 0 Å². The summed E-state index contributed by atoms with van der Waals surface area (Å²) in [4.78, 5) is 0. The first kappa shape index (κ1) is 11.5. The molecule has 88 valence electrons. The van der Waals surface area contributed by atoms with Gasteiger partial charge in [-0.15, -0.1) is 0 Å². The molecule has 0 radical (unpaired) electrons. The van der Waals surface area contributed by atoms with Crippen LogP contribution in [-0.4, -0.2) is 0 Å². The van der Waals surface area contributed by atoms with E-state index >= 15 is 0 Å². The molecule has 0 spiro atoms. The summed E-state index contributed by atoms with van der Waals surface area (Å²) < 4.78 is 0. The van der Waals surface area contributed by atoms with Crippen molar-refractivity contribution in [1.82, 2.24) is 0 Å². The summed E-state index contributed by atoms with van der Waals surface area (Å²) in [6, 6.07) is 0. The summed E-state index contributed by atoms with van der Waals surface area (Å²) in [6.45, 7) is 9.78. The van der Waals surface area contributed by atoms with Gasteiger partial charge in [-0.2, -0.15) is 0 Å². The van der Waals surface area contributed by atoms with Gasteiger partial charge in [-0.1, -0.05) is 34.1 Å². The molecule has 2 fully saturated rings. The van der Waals surface area contributed by atoms with Crippen molar-refractivity contribution in [2.75, 3.05) is 0 Å². The predicted molar refractivity (Wildman–Crippen MR) is 66.7 cm³/mol. The second-order valence-corrected chi connectivity index (χ2v) is 6.48. The van der Waals surface area contributed by atoms with Crippen molar-refractivity contribution in [3.05, 3.63) is 0 Å². The molecule has 2 aliphatic carbocycles. The van der Waals surface area contributed by atoms with Crippen molar-refractivity contribution in [2.45, 2.75) is 59.8 Å². The van der Waals surface area contributed by atoms with Crippen LogP contribution in [0.4, 0.5) is 0 Å². The molecule has 0 nitrogen and oxygen atoms in total. The fourth-order valence-electron chi connectivity index (χ4n) is 3.47. The Morgan fingerprint density at radius 2 is 1.53 bits per heavy atom. The van der Waals surface area contributed by atoms with Crippen molar-refractivity contribution < 1.29 is 0 Å². The normalized spacial score (nSPS) is 36.0. The Kier molecular flexibility index (Phi) is 3.42. The van der Waals surface area contributed by atoms with Gasteiger partial charge in [0.15, 0.2) is 0 Å². The highest BCUT2D eigenvalue weighted by atomic mass is 14.5. The van der Waals surface area contributed by atoms with Crippen LogP contribution in [0.3, 0.4) is 0 Å². The molecule has 0 heterocycles. The Balaban J connectivity index is 1.70. The molecule has 0 aromatic heterocycles.